The van der Waals surface area contributed by atoms with Gasteiger partial charge < -0.3 is 14.8 Å². The Hall–Kier alpha value is -3.00. The lowest BCUT2D eigenvalue weighted by molar-refractivity contribution is 0.101. The second-order valence-corrected chi connectivity index (χ2v) is 4.96. The quantitative estimate of drug-likeness (QED) is 0.828. The largest absolute Gasteiger partial charge is 0.497 e. The summed E-state index contributed by atoms with van der Waals surface area (Å²) in [5.41, 5.74) is 2.60. The van der Waals surface area contributed by atoms with Crippen LogP contribution < -0.4 is 14.8 Å². The topological polar surface area (TPSA) is 71.3 Å². The van der Waals surface area contributed by atoms with Crippen LogP contribution in [0.25, 0.3) is 0 Å². The first-order chi connectivity index (χ1) is 11.1. The third-order valence-corrected chi connectivity index (χ3v) is 3.51. The lowest BCUT2D eigenvalue weighted by Gasteiger charge is -2.13. The molecule has 0 aliphatic carbocycles. The number of ether oxygens (including phenoxy) is 2. The number of nitrogens with one attached hydrogen (secondary N) is 1. The molecule has 2 rings (SSSR count). The van der Waals surface area contributed by atoms with Crippen LogP contribution in [0.1, 0.15) is 28.4 Å². The maximum atomic E-state index is 11.5. The number of hydrogen-bond donors (Lipinski definition) is 1. The maximum absolute atomic E-state index is 11.5. The van der Waals surface area contributed by atoms with Gasteiger partial charge in [0.25, 0.3) is 0 Å². The molecule has 1 N–H and O–H groups in total. The average molecular weight is 310 g/mol. The second-order valence-electron chi connectivity index (χ2n) is 4.96. The number of nitrogens with zero attached hydrogens (tertiary/aromatic N) is 1. The number of benzene rings is 2. The Balaban J connectivity index is 2.25. The number of nitriles is 1. The number of carbonyl (C=O) groups excluding carboxylic acids is 1. The Bertz CT molecular complexity index is 763. The van der Waals surface area contributed by atoms with Gasteiger partial charge in [0.15, 0.2) is 5.78 Å². The van der Waals surface area contributed by atoms with Crippen LogP contribution in [0.5, 0.6) is 11.5 Å². The summed E-state index contributed by atoms with van der Waals surface area (Å²) >= 11 is 0. The Morgan fingerprint density at radius 2 is 1.96 bits per heavy atom. The normalized spacial score (nSPS) is 9.83. The zero-order chi connectivity index (χ0) is 16.8. The van der Waals surface area contributed by atoms with E-state index >= 15 is 0 Å². The highest BCUT2D eigenvalue weighted by molar-refractivity contribution is 5.95. The molecule has 2 aromatic carbocycles. The number of ketones is 1. The van der Waals surface area contributed by atoms with Crippen molar-refractivity contribution in [2.75, 3.05) is 19.5 Å². The molecule has 0 amide bonds. The minimum atomic E-state index is -0.0421. The molecule has 0 aliphatic rings. The Kier molecular flexibility index (Phi) is 5.21. The zero-order valence-corrected chi connectivity index (χ0v) is 13.3. The van der Waals surface area contributed by atoms with Gasteiger partial charge in [-0.05, 0) is 37.3 Å². The van der Waals surface area contributed by atoms with E-state index in [1.807, 2.05) is 12.1 Å². The molecule has 0 saturated carbocycles. The molecular formula is C18H18N2O3. The smallest absolute Gasteiger partial charge is 0.159 e. The molecule has 0 unspecified atom stereocenters. The van der Waals surface area contributed by atoms with Gasteiger partial charge in [-0.25, -0.2) is 0 Å². The lowest BCUT2D eigenvalue weighted by atomic mass is 10.1. The third kappa shape index (κ3) is 3.80. The van der Waals surface area contributed by atoms with Gasteiger partial charge in [0.05, 0.1) is 25.5 Å². The standard InChI is InChI=1S/C18H18N2O3/c1-12(21)13-4-5-14(10-19)17(8-13)20-11-15-6-7-16(22-2)9-18(15)23-3/h4-9,20H,11H2,1-3H3. The Labute approximate surface area is 135 Å². The number of Topliss-reactive ketones (excluding diaryl/α,β-unsaturated/α-hetero) is 1. The first-order valence-corrected chi connectivity index (χ1v) is 7.09. The molecule has 0 bridgehead atoms. The van der Waals surface area contributed by atoms with Gasteiger partial charge >= 0.3 is 0 Å². The van der Waals surface area contributed by atoms with E-state index in [1.165, 1.54) is 6.92 Å². The molecule has 0 aliphatic heterocycles. The van der Waals surface area contributed by atoms with Crippen LogP contribution in [0.2, 0.25) is 0 Å². The van der Waals surface area contributed by atoms with E-state index in [-0.39, 0.29) is 5.78 Å². The van der Waals surface area contributed by atoms with Crippen LogP contribution in [0, 0.1) is 11.3 Å². The van der Waals surface area contributed by atoms with Crippen molar-refractivity contribution in [3.8, 4) is 17.6 Å². The van der Waals surface area contributed by atoms with Gasteiger partial charge in [-0.15, -0.1) is 0 Å². The SMILES string of the molecule is COc1ccc(CNc2cc(C(C)=O)ccc2C#N)c(OC)c1. The van der Waals surface area contributed by atoms with Crippen LogP contribution in [0.4, 0.5) is 5.69 Å². The van der Waals surface area contributed by atoms with Crippen molar-refractivity contribution in [2.45, 2.75) is 13.5 Å². The molecule has 5 nitrogen and oxygen atoms in total. The summed E-state index contributed by atoms with van der Waals surface area (Å²) in [5, 5.41) is 12.4. The second kappa shape index (κ2) is 7.32. The molecule has 23 heavy (non-hydrogen) atoms. The lowest BCUT2D eigenvalue weighted by Crippen LogP contribution is -2.05. The fraction of sp³-hybridized carbons (Fsp3) is 0.222. The minimum Gasteiger partial charge on any atom is -0.497 e. The van der Waals surface area contributed by atoms with Crippen molar-refractivity contribution in [1.82, 2.24) is 0 Å². The van der Waals surface area contributed by atoms with Gasteiger partial charge in [-0.1, -0.05) is 0 Å². The summed E-state index contributed by atoms with van der Waals surface area (Å²) in [6.45, 7) is 1.96. The van der Waals surface area contributed by atoms with E-state index in [2.05, 4.69) is 11.4 Å². The van der Waals surface area contributed by atoms with Gasteiger partial charge in [0.1, 0.15) is 17.6 Å². The van der Waals surface area contributed by atoms with Gasteiger partial charge in [0.2, 0.25) is 0 Å². The van der Waals surface area contributed by atoms with Crippen molar-refractivity contribution in [3.05, 3.63) is 53.1 Å². The molecule has 118 valence electrons. The van der Waals surface area contributed by atoms with Crippen molar-refractivity contribution >= 4 is 11.5 Å². The first kappa shape index (κ1) is 16.4. The molecule has 0 saturated heterocycles. The van der Waals surface area contributed by atoms with Gasteiger partial charge in [-0.2, -0.15) is 5.26 Å². The van der Waals surface area contributed by atoms with Crippen LogP contribution in [-0.4, -0.2) is 20.0 Å². The highest BCUT2D eigenvalue weighted by Gasteiger charge is 2.09. The highest BCUT2D eigenvalue weighted by Crippen LogP contribution is 2.26. The summed E-state index contributed by atoms with van der Waals surface area (Å²) in [6.07, 6.45) is 0. The fourth-order valence-corrected chi connectivity index (χ4v) is 2.20. The molecule has 0 heterocycles. The van der Waals surface area contributed by atoms with E-state index in [0.717, 1.165) is 5.56 Å². The molecule has 0 fully saturated rings. The number of anilines is 1. The average Bonchev–Trinajstić information content (AvgIpc) is 2.59. The first-order valence-electron chi connectivity index (χ1n) is 7.09. The number of hydrogen-bond acceptors (Lipinski definition) is 5. The molecule has 0 radical (unpaired) electrons. The summed E-state index contributed by atoms with van der Waals surface area (Å²) in [4.78, 5) is 11.5. The van der Waals surface area contributed by atoms with Crippen LogP contribution in [0.15, 0.2) is 36.4 Å². The minimum absolute atomic E-state index is 0.0421. The van der Waals surface area contributed by atoms with Gasteiger partial charge in [-0.3, -0.25) is 4.79 Å². The van der Waals surface area contributed by atoms with Crippen LogP contribution in [-0.2, 0) is 6.54 Å². The van der Waals surface area contributed by atoms with E-state index in [4.69, 9.17) is 9.47 Å². The monoisotopic (exact) mass is 310 g/mol. The summed E-state index contributed by atoms with van der Waals surface area (Å²) < 4.78 is 10.5. The zero-order valence-electron chi connectivity index (χ0n) is 13.3. The highest BCUT2D eigenvalue weighted by atomic mass is 16.5. The molecular weight excluding hydrogens is 292 g/mol. The van der Waals surface area contributed by atoms with E-state index in [0.29, 0.717) is 34.9 Å². The fourth-order valence-electron chi connectivity index (χ4n) is 2.20. The summed E-state index contributed by atoms with van der Waals surface area (Å²) in [5.74, 6) is 1.36. The Morgan fingerprint density at radius 1 is 1.17 bits per heavy atom. The van der Waals surface area contributed by atoms with Crippen molar-refractivity contribution in [1.29, 1.82) is 5.26 Å². The van der Waals surface area contributed by atoms with E-state index < -0.39 is 0 Å². The molecule has 0 spiro atoms. The van der Waals surface area contributed by atoms with Crippen molar-refractivity contribution in [2.24, 2.45) is 0 Å². The Morgan fingerprint density at radius 3 is 2.57 bits per heavy atom. The molecule has 2 aromatic rings. The van der Waals surface area contributed by atoms with E-state index in [1.54, 1.807) is 38.5 Å². The summed E-state index contributed by atoms with van der Waals surface area (Å²) in [6, 6.07) is 12.6. The van der Waals surface area contributed by atoms with Crippen LogP contribution >= 0.6 is 0 Å². The van der Waals surface area contributed by atoms with E-state index in [9.17, 15) is 10.1 Å². The third-order valence-electron chi connectivity index (χ3n) is 3.51. The maximum Gasteiger partial charge on any atom is 0.159 e. The van der Waals surface area contributed by atoms with Gasteiger partial charge in [0, 0.05) is 23.7 Å². The predicted octanol–water partition coefficient (Wildman–Crippen LogP) is 3.39. The molecule has 0 aromatic heterocycles. The predicted molar refractivity (Wildman–Crippen MR) is 88.0 cm³/mol. The number of methoxy groups -OCH3 is 2. The number of carbonyl (C=O) groups is 1. The van der Waals surface area contributed by atoms with Crippen LogP contribution in [0.3, 0.4) is 0 Å². The number of rotatable bonds is 6. The molecule has 0 atom stereocenters. The van der Waals surface area contributed by atoms with Crippen molar-refractivity contribution in [3.63, 3.8) is 0 Å². The summed E-state index contributed by atoms with van der Waals surface area (Å²) in [7, 11) is 3.19. The molecule has 5 heteroatoms. The van der Waals surface area contributed by atoms with Crippen molar-refractivity contribution < 1.29 is 14.3 Å².